The number of carbonyl (C=O) groups excluding carboxylic acids is 1. The molecule has 9 heteroatoms. The largest absolute Gasteiger partial charge is 0.497 e. The van der Waals surface area contributed by atoms with Crippen LogP contribution in [0.2, 0.25) is 0 Å². The number of anilines is 2. The van der Waals surface area contributed by atoms with Gasteiger partial charge in [0.25, 0.3) is 0 Å². The number of benzene rings is 2. The number of nitrogens with zero attached hydrogens (tertiary/aromatic N) is 4. The normalized spacial score (nSPS) is 13.6. The molecule has 2 aromatic carbocycles. The van der Waals surface area contributed by atoms with Gasteiger partial charge in [-0.25, -0.2) is 14.4 Å². The van der Waals surface area contributed by atoms with E-state index in [-0.39, 0.29) is 17.5 Å². The van der Waals surface area contributed by atoms with E-state index in [0.29, 0.717) is 6.54 Å². The molecule has 1 fully saturated rings. The number of rotatable bonds is 8. The summed E-state index contributed by atoms with van der Waals surface area (Å²) in [6.07, 6.45) is 1.55. The molecule has 0 atom stereocenters. The van der Waals surface area contributed by atoms with Crippen LogP contribution in [0.25, 0.3) is 0 Å². The molecule has 0 aliphatic carbocycles. The second kappa shape index (κ2) is 11.0. The highest BCUT2D eigenvalue weighted by atomic mass is 32.2. The van der Waals surface area contributed by atoms with Crippen LogP contribution in [-0.2, 0) is 11.3 Å². The summed E-state index contributed by atoms with van der Waals surface area (Å²) in [7, 11) is 1.67. The van der Waals surface area contributed by atoms with Gasteiger partial charge in [0.2, 0.25) is 5.91 Å². The number of piperazine rings is 1. The second-order valence-corrected chi connectivity index (χ2v) is 8.57. The van der Waals surface area contributed by atoms with Crippen molar-refractivity contribution >= 4 is 29.2 Å². The molecule has 0 radical (unpaired) electrons. The predicted molar refractivity (Wildman–Crippen MR) is 128 cm³/mol. The average Bonchev–Trinajstić information content (AvgIpc) is 2.87. The van der Waals surface area contributed by atoms with Gasteiger partial charge in [-0.05, 0) is 42.0 Å². The number of halogens is 1. The van der Waals surface area contributed by atoms with Gasteiger partial charge < -0.3 is 19.9 Å². The topological polar surface area (TPSA) is 70.6 Å². The zero-order valence-corrected chi connectivity index (χ0v) is 19.2. The van der Waals surface area contributed by atoms with Gasteiger partial charge in [0.05, 0.1) is 12.9 Å². The summed E-state index contributed by atoms with van der Waals surface area (Å²) < 4.78 is 18.2. The second-order valence-electron chi connectivity index (χ2n) is 7.58. The van der Waals surface area contributed by atoms with Crippen LogP contribution in [0.1, 0.15) is 5.56 Å². The lowest BCUT2D eigenvalue weighted by molar-refractivity contribution is -0.118. The number of hydrogen-bond acceptors (Lipinski definition) is 7. The van der Waals surface area contributed by atoms with E-state index in [1.165, 1.54) is 29.6 Å². The van der Waals surface area contributed by atoms with E-state index in [1.807, 2.05) is 18.2 Å². The van der Waals surface area contributed by atoms with E-state index in [1.54, 1.807) is 25.6 Å². The van der Waals surface area contributed by atoms with E-state index in [9.17, 15) is 9.18 Å². The minimum atomic E-state index is -0.289. The summed E-state index contributed by atoms with van der Waals surface area (Å²) in [4.78, 5) is 25.5. The van der Waals surface area contributed by atoms with E-state index in [0.717, 1.165) is 48.3 Å². The van der Waals surface area contributed by atoms with Crippen molar-refractivity contribution in [1.29, 1.82) is 0 Å². The fraction of sp³-hybridized carbons (Fsp3) is 0.292. The molecule has 0 unspecified atom stereocenters. The molecule has 1 saturated heterocycles. The molecule has 1 amide bonds. The molecule has 0 saturated carbocycles. The van der Waals surface area contributed by atoms with E-state index >= 15 is 0 Å². The van der Waals surface area contributed by atoms with Gasteiger partial charge in [-0.2, -0.15) is 0 Å². The van der Waals surface area contributed by atoms with Crippen molar-refractivity contribution in [2.45, 2.75) is 11.6 Å². The molecule has 1 N–H and O–H groups in total. The van der Waals surface area contributed by atoms with Crippen LogP contribution in [0.4, 0.5) is 15.9 Å². The Balaban J connectivity index is 1.25. The third kappa shape index (κ3) is 6.35. The van der Waals surface area contributed by atoms with E-state index < -0.39 is 0 Å². The van der Waals surface area contributed by atoms with Gasteiger partial charge in [0, 0.05) is 44.5 Å². The van der Waals surface area contributed by atoms with Crippen molar-refractivity contribution in [3.63, 3.8) is 0 Å². The maximum absolute atomic E-state index is 13.0. The first kappa shape index (κ1) is 22.8. The first-order valence-corrected chi connectivity index (χ1v) is 11.7. The summed E-state index contributed by atoms with van der Waals surface area (Å²) in [5, 5.41) is 3.60. The van der Waals surface area contributed by atoms with Crippen molar-refractivity contribution in [1.82, 2.24) is 15.3 Å². The lowest BCUT2D eigenvalue weighted by atomic mass is 10.2. The average molecular weight is 468 g/mol. The summed E-state index contributed by atoms with van der Waals surface area (Å²) in [6.45, 7) is 3.86. The van der Waals surface area contributed by atoms with E-state index in [2.05, 4.69) is 37.2 Å². The number of amides is 1. The smallest absolute Gasteiger partial charge is 0.230 e. The number of ether oxygens (including phenoxy) is 1. The lowest BCUT2D eigenvalue weighted by Crippen LogP contribution is -2.46. The fourth-order valence-electron chi connectivity index (χ4n) is 3.56. The molecule has 0 bridgehead atoms. The van der Waals surface area contributed by atoms with Gasteiger partial charge in [0.15, 0.2) is 0 Å². The number of hydrogen-bond donors (Lipinski definition) is 1. The quantitative estimate of drug-likeness (QED) is 0.402. The molecule has 4 rings (SSSR count). The van der Waals surface area contributed by atoms with Crippen molar-refractivity contribution in [3.05, 3.63) is 72.3 Å². The van der Waals surface area contributed by atoms with Crippen LogP contribution in [0.5, 0.6) is 5.75 Å². The highest BCUT2D eigenvalue weighted by Gasteiger charge is 2.19. The number of thioether (sulfide) groups is 1. The van der Waals surface area contributed by atoms with Crippen LogP contribution < -0.4 is 19.9 Å². The lowest BCUT2D eigenvalue weighted by Gasteiger charge is -2.36. The van der Waals surface area contributed by atoms with Crippen LogP contribution in [-0.4, -0.2) is 54.9 Å². The Morgan fingerprint density at radius 1 is 1.03 bits per heavy atom. The molecule has 2 heterocycles. The maximum atomic E-state index is 13.0. The number of carbonyl (C=O) groups is 1. The molecule has 33 heavy (non-hydrogen) atoms. The highest BCUT2D eigenvalue weighted by molar-refractivity contribution is 7.99. The molecular weight excluding hydrogens is 441 g/mol. The minimum Gasteiger partial charge on any atom is -0.497 e. The van der Waals surface area contributed by atoms with Crippen LogP contribution >= 0.6 is 11.8 Å². The third-order valence-corrected chi connectivity index (χ3v) is 6.35. The van der Waals surface area contributed by atoms with Crippen molar-refractivity contribution in [2.75, 3.05) is 48.8 Å². The van der Waals surface area contributed by atoms with Crippen LogP contribution in [0, 0.1) is 5.82 Å². The third-order valence-electron chi connectivity index (χ3n) is 5.42. The Morgan fingerprint density at radius 3 is 2.42 bits per heavy atom. The monoisotopic (exact) mass is 467 g/mol. The van der Waals surface area contributed by atoms with Gasteiger partial charge in [-0.15, -0.1) is 0 Å². The minimum absolute atomic E-state index is 0.0995. The van der Waals surface area contributed by atoms with Gasteiger partial charge in [0.1, 0.15) is 28.7 Å². The zero-order chi connectivity index (χ0) is 23.0. The molecule has 3 aromatic rings. The molecule has 1 aliphatic rings. The Morgan fingerprint density at radius 2 is 1.73 bits per heavy atom. The summed E-state index contributed by atoms with van der Waals surface area (Å²) >= 11 is 1.37. The van der Waals surface area contributed by atoms with Crippen molar-refractivity contribution in [2.24, 2.45) is 0 Å². The molecular formula is C24H26FN5O2S. The number of nitrogens with one attached hydrogen (secondary N) is 1. The van der Waals surface area contributed by atoms with Crippen molar-refractivity contribution < 1.29 is 13.9 Å². The Bertz CT molecular complexity index is 1060. The number of methoxy groups -OCH3 is 1. The predicted octanol–water partition coefficient (Wildman–Crippen LogP) is 3.36. The van der Waals surface area contributed by atoms with Gasteiger partial charge >= 0.3 is 0 Å². The molecule has 1 aromatic heterocycles. The summed E-state index contributed by atoms with van der Waals surface area (Å²) in [5.41, 5.74) is 2.04. The van der Waals surface area contributed by atoms with Crippen LogP contribution in [0.3, 0.4) is 0 Å². The SMILES string of the molecule is COc1ccc(N2CCN(c3cc(SCC(=O)NCc4ccc(F)cc4)ncn3)CC2)cc1. The van der Waals surface area contributed by atoms with Gasteiger partial charge in [-0.1, -0.05) is 23.9 Å². The highest BCUT2D eigenvalue weighted by Crippen LogP contribution is 2.24. The van der Waals surface area contributed by atoms with E-state index in [4.69, 9.17) is 4.74 Å². The molecule has 7 nitrogen and oxygen atoms in total. The number of aromatic nitrogens is 2. The molecule has 172 valence electrons. The Labute approximate surface area is 197 Å². The first-order chi connectivity index (χ1) is 16.1. The maximum Gasteiger partial charge on any atom is 0.230 e. The van der Waals surface area contributed by atoms with Crippen LogP contribution in [0.15, 0.2) is 66.0 Å². The summed E-state index contributed by atoms with van der Waals surface area (Å²) in [6, 6.07) is 16.1. The summed E-state index contributed by atoms with van der Waals surface area (Å²) in [5.74, 6) is 1.59. The Kier molecular flexibility index (Phi) is 7.62. The van der Waals surface area contributed by atoms with Crippen molar-refractivity contribution in [3.8, 4) is 5.75 Å². The first-order valence-electron chi connectivity index (χ1n) is 10.7. The fourth-order valence-corrected chi connectivity index (χ4v) is 4.25. The van der Waals surface area contributed by atoms with Gasteiger partial charge in [-0.3, -0.25) is 4.79 Å². The zero-order valence-electron chi connectivity index (χ0n) is 18.4. The molecule has 1 aliphatic heterocycles. The molecule has 0 spiro atoms. The Hall–Kier alpha value is -3.33. The standard InChI is InChI=1S/C24H26FN5O2S/c1-32-21-8-6-20(7-9-21)29-10-12-30(13-11-29)22-14-24(28-17-27-22)33-16-23(31)26-15-18-2-4-19(25)5-3-18/h2-9,14,17H,10-13,15-16H2,1H3,(H,26,31).